The van der Waals surface area contributed by atoms with Gasteiger partial charge in [0.2, 0.25) is 5.95 Å². The first-order chi connectivity index (χ1) is 9.13. The predicted octanol–water partition coefficient (Wildman–Crippen LogP) is 0.420. The van der Waals surface area contributed by atoms with Gasteiger partial charge in [0.25, 0.3) is 0 Å². The van der Waals surface area contributed by atoms with E-state index in [1.54, 1.807) is 6.07 Å². The monoisotopic (exact) mass is 261 g/mol. The molecule has 0 spiro atoms. The molecule has 0 aliphatic carbocycles. The van der Waals surface area contributed by atoms with Crippen LogP contribution in [0.4, 0.5) is 5.95 Å². The first-order valence-corrected chi connectivity index (χ1v) is 6.09. The molecule has 0 bridgehead atoms. The summed E-state index contributed by atoms with van der Waals surface area (Å²) in [5, 5.41) is 26.0. The Morgan fingerprint density at radius 2 is 2.21 bits per heavy atom. The van der Waals surface area contributed by atoms with Crippen LogP contribution in [-0.2, 0) is 0 Å². The van der Waals surface area contributed by atoms with Gasteiger partial charge in [-0.2, -0.15) is 4.98 Å². The van der Waals surface area contributed by atoms with Crippen LogP contribution in [0, 0.1) is 0 Å². The van der Waals surface area contributed by atoms with Crippen molar-refractivity contribution in [3.8, 4) is 22.9 Å². The second-order valence-corrected chi connectivity index (χ2v) is 4.68. The van der Waals surface area contributed by atoms with Gasteiger partial charge in [0, 0.05) is 25.2 Å². The summed E-state index contributed by atoms with van der Waals surface area (Å²) in [5.41, 5.74) is 6.35. The molecule has 1 aliphatic rings. The first-order valence-electron chi connectivity index (χ1n) is 6.09. The van der Waals surface area contributed by atoms with Crippen molar-refractivity contribution in [1.29, 1.82) is 0 Å². The topological polar surface area (TPSA) is 111 Å². The van der Waals surface area contributed by atoms with E-state index in [0.29, 0.717) is 17.3 Å². The van der Waals surface area contributed by atoms with Crippen LogP contribution >= 0.6 is 0 Å². The van der Waals surface area contributed by atoms with E-state index in [2.05, 4.69) is 15.2 Å². The summed E-state index contributed by atoms with van der Waals surface area (Å²) in [4.78, 5) is 6.35. The zero-order valence-electron chi connectivity index (χ0n) is 10.2. The molecular weight excluding hydrogens is 246 g/mol. The van der Waals surface area contributed by atoms with Crippen LogP contribution in [0.1, 0.15) is 6.42 Å². The van der Waals surface area contributed by atoms with Crippen LogP contribution in [0.15, 0.2) is 18.2 Å². The molecule has 19 heavy (non-hydrogen) atoms. The number of hydrogen-bond acceptors (Lipinski definition) is 6. The Labute approximate surface area is 109 Å². The van der Waals surface area contributed by atoms with Crippen LogP contribution in [0.25, 0.3) is 11.4 Å². The minimum Gasteiger partial charge on any atom is -0.508 e. The van der Waals surface area contributed by atoms with Gasteiger partial charge in [-0.1, -0.05) is 0 Å². The third-order valence-corrected chi connectivity index (χ3v) is 3.22. The lowest BCUT2D eigenvalue weighted by molar-refractivity contribution is 0.451. The number of benzene rings is 1. The SMILES string of the molecule is NC1CCN(c2n[nH]c(-c3ccc(O)cc3O)n2)C1. The summed E-state index contributed by atoms with van der Waals surface area (Å²) in [7, 11) is 0. The molecule has 2 heterocycles. The molecule has 1 aromatic heterocycles. The zero-order chi connectivity index (χ0) is 13.4. The normalized spacial score (nSPS) is 19.0. The molecule has 0 amide bonds. The summed E-state index contributed by atoms with van der Waals surface area (Å²) in [5.74, 6) is 1.01. The maximum absolute atomic E-state index is 9.78. The fourth-order valence-corrected chi connectivity index (χ4v) is 2.20. The van der Waals surface area contributed by atoms with Gasteiger partial charge < -0.3 is 20.8 Å². The summed E-state index contributed by atoms with van der Waals surface area (Å²) in [6.45, 7) is 1.57. The lowest BCUT2D eigenvalue weighted by atomic mass is 10.2. The number of anilines is 1. The number of phenolic OH excluding ortho intramolecular Hbond substituents is 2. The number of hydrogen-bond donors (Lipinski definition) is 4. The summed E-state index contributed by atoms with van der Waals surface area (Å²) < 4.78 is 0. The smallest absolute Gasteiger partial charge is 0.245 e. The lowest BCUT2D eigenvalue weighted by Gasteiger charge is -2.11. The molecule has 1 saturated heterocycles. The molecule has 5 N–H and O–H groups in total. The number of nitrogens with zero attached hydrogens (tertiary/aromatic N) is 3. The van der Waals surface area contributed by atoms with Gasteiger partial charge in [-0.05, 0) is 18.6 Å². The fraction of sp³-hybridized carbons (Fsp3) is 0.333. The quantitative estimate of drug-likeness (QED) is 0.623. The highest BCUT2D eigenvalue weighted by atomic mass is 16.3. The number of H-pyrrole nitrogens is 1. The standard InChI is InChI=1S/C12H15N5O2/c13-7-3-4-17(6-7)12-14-11(15-16-12)9-2-1-8(18)5-10(9)19/h1-2,5,7,18-19H,3-4,6,13H2,(H,14,15,16). The highest BCUT2D eigenvalue weighted by Gasteiger charge is 2.23. The lowest BCUT2D eigenvalue weighted by Crippen LogP contribution is -2.26. The van der Waals surface area contributed by atoms with E-state index in [-0.39, 0.29) is 17.5 Å². The Kier molecular flexibility index (Phi) is 2.75. The average molecular weight is 261 g/mol. The summed E-state index contributed by atoms with van der Waals surface area (Å²) in [6, 6.07) is 4.50. The van der Waals surface area contributed by atoms with Gasteiger partial charge >= 0.3 is 0 Å². The Balaban J connectivity index is 1.88. The minimum absolute atomic E-state index is 0.00602. The summed E-state index contributed by atoms with van der Waals surface area (Å²) in [6.07, 6.45) is 0.925. The Bertz CT molecular complexity index is 598. The summed E-state index contributed by atoms with van der Waals surface area (Å²) >= 11 is 0. The Hall–Kier alpha value is -2.28. The predicted molar refractivity (Wildman–Crippen MR) is 70.0 cm³/mol. The molecule has 1 fully saturated rings. The number of phenols is 2. The maximum Gasteiger partial charge on any atom is 0.245 e. The Morgan fingerprint density at radius 1 is 1.37 bits per heavy atom. The van der Waals surface area contributed by atoms with Crippen LogP contribution in [0.5, 0.6) is 11.5 Å². The van der Waals surface area contributed by atoms with Crippen LogP contribution in [-0.4, -0.2) is 44.5 Å². The number of nitrogens with one attached hydrogen (secondary N) is 1. The van der Waals surface area contributed by atoms with Crippen LogP contribution in [0.2, 0.25) is 0 Å². The zero-order valence-corrected chi connectivity index (χ0v) is 10.2. The number of aromatic amines is 1. The van der Waals surface area contributed by atoms with E-state index < -0.39 is 0 Å². The third kappa shape index (κ3) is 2.19. The average Bonchev–Trinajstić information content (AvgIpc) is 2.97. The van der Waals surface area contributed by atoms with Crippen molar-refractivity contribution >= 4 is 5.95 Å². The van der Waals surface area contributed by atoms with Gasteiger partial charge in [0.1, 0.15) is 11.5 Å². The number of aromatic nitrogens is 3. The Morgan fingerprint density at radius 3 is 2.89 bits per heavy atom. The molecule has 1 aliphatic heterocycles. The van der Waals surface area contributed by atoms with Crippen molar-refractivity contribution in [3.05, 3.63) is 18.2 Å². The molecule has 0 radical (unpaired) electrons. The highest BCUT2D eigenvalue weighted by molar-refractivity contribution is 5.65. The van der Waals surface area contributed by atoms with E-state index in [0.717, 1.165) is 19.5 Å². The van der Waals surface area contributed by atoms with Crippen molar-refractivity contribution in [1.82, 2.24) is 15.2 Å². The molecule has 7 heteroatoms. The van der Waals surface area contributed by atoms with E-state index in [1.165, 1.54) is 12.1 Å². The molecule has 1 atom stereocenters. The van der Waals surface area contributed by atoms with Gasteiger partial charge in [0.05, 0.1) is 5.56 Å². The van der Waals surface area contributed by atoms with Crippen molar-refractivity contribution in [2.24, 2.45) is 5.73 Å². The molecule has 3 rings (SSSR count). The number of rotatable bonds is 2. The fourth-order valence-electron chi connectivity index (χ4n) is 2.20. The molecule has 1 aromatic carbocycles. The van der Waals surface area contributed by atoms with Gasteiger partial charge in [-0.15, -0.1) is 5.10 Å². The molecule has 2 aromatic rings. The van der Waals surface area contributed by atoms with E-state index in [9.17, 15) is 10.2 Å². The molecule has 0 saturated carbocycles. The molecule has 7 nitrogen and oxygen atoms in total. The number of aromatic hydroxyl groups is 2. The van der Waals surface area contributed by atoms with Gasteiger partial charge in [0.15, 0.2) is 5.82 Å². The van der Waals surface area contributed by atoms with Crippen LogP contribution < -0.4 is 10.6 Å². The minimum atomic E-state index is -0.0409. The van der Waals surface area contributed by atoms with E-state index in [4.69, 9.17) is 5.73 Å². The van der Waals surface area contributed by atoms with Gasteiger partial charge in [-0.25, -0.2) is 0 Å². The van der Waals surface area contributed by atoms with Crippen molar-refractivity contribution in [3.63, 3.8) is 0 Å². The molecule has 1 unspecified atom stereocenters. The first kappa shape index (κ1) is 11.8. The van der Waals surface area contributed by atoms with Gasteiger partial charge in [-0.3, -0.25) is 5.10 Å². The highest BCUT2D eigenvalue weighted by Crippen LogP contribution is 2.30. The van der Waals surface area contributed by atoms with Crippen molar-refractivity contribution in [2.75, 3.05) is 18.0 Å². The van der Waals surface area contributed by atoms with Crippen LogP contribution in [0.3, 0.4) is 0 Å². The largest absolute Gasteiger partial charge is 0.508 e. The van der Waals surface area contributed by atoms with Crippen molar-refractivity contribution < 1.29 is 10.2 Å². The van der Waals surface area contributed by atoms with E-state index >= 15 is 0 Å². The van der Waals surface area contributed by atoms with Crippen molar-refractivity contribution in [2.45, 2.75) is 12.5 Å². The number of nitrogens with two attached hydrogens (primary N) is 1. The second-order valence-electron chi connectivity index (χ2n) is 4.68. The molecular formula is C12H15N5O2. The third-order valence-electron chi connectivity index (χ3n) is 3.22. The molecule has 100 valence electrons. The van der Waals surface area contributed by atoms with E-state index in [1.807, 2.05) is 4.90 Å². The second kappa shape index (κ2) is 4.43. The maximum atomic E-state index is 9.78.